The molecule has 0 saturated carbocycles. The first-order valence-electron chi connectivity index (χ1n) is 6.90. The molecule has 22 heavy (non-hydrogen) atoms. The fraction of sp³-hybridized carbons (Fsp3) is 0.429. The van der Waals surface area contributed by atoms with Crippen molar-refractivity contribution in [2.45, 2.75) is 31.2 Å². The zero-order valence-corrected chi connectivity index (χ0v) is 13.5. The van der Waals surface area contributed by atoms with Crippen molar-refractivity contribution in [1.82, 2.24) is 10.2 Å². The number of benzene rings is 1. The molecule has 8 heteroatoms. The second-order valence-electron chi connectivity index (χ2n) is 4.95. The van der Waals surface area contributed by atoms with Crippen LogP contribution in [0.3, 0.4) is 0 Å². The maximum atomic E-state index is 11.8. The molecule has 1 aromatic carbocycles. The Kier molecular flexibility index (Phi) is 6.51. The van der Waals surface area contributed by atoms with Gasteiger partial charge in [0.15, 0.2) is 0 Å². The van der Waals surface area contributed by atoms with E-state index in [1.165, 1.54) is 29.2 Å². The van der Waals surface area contributed by atoms with Gasteiger partial charge in [-0.25, -0.2) is 13.6 Å². The van der Waals surface area contributed by atoms with Crippen molar-refractivity contribution in [1.29, 1.82) is 0 Å². The first-order chi connectivity index (χ1) is 10.3. The highest BCUT2D eigenvalue weighted by Crippen LogP contribution is 2.08. The molecule has 3 N–H and O–H groups in total. The molecule has 0 radical (unpaired) electrons. The van der Waals surface area contributed by atoms with Gasteiger partial charge in [0.25, 0.3) is 0 Å². The van der Waals surface area contributed by atoms with E-state index in [4.69, 9.17) is 5.14 Å². The number of carbonyl (C=O) groups excluding carboxylic acids is 2. The molecule has 0 atom stereocenters. The molecular weight excluding hydrogens is 306 g/mol. The van der Waals surface area contributed by atoms with Crippen LogP contribution in [0.5, 0.6) is 0 Å². The normalized spacial score (nSPS) is 11.0. The van der Waals surface area contributed by atoms with E-state index < -0.39 is 21.8 Å². The van der Waals surface area contributed by atoms with Crippen molar-refractivity contribution >= 4 is 21.8 Å². The van der Waals surface area contributed by atoms with E-state index in [0.717, 1.165) is 12.8 Å². The molecule has 122 valence electrons. The van der Waals surface area contributed by atoms with E-state index >= 15 is 0 Å². The fourth-order valence-electron chi connectivity index (χ4n) is 1.73. The number of nitrogens with two attached hydrogens (primary N) is 1. The van der Waals surface area contributed by atoms with Gasteiger partial charge in [-0.05, 0) is 24.1 Å². The fourth-order valence-corrected chi connectivity index (χ4v) is 2.24. The maximum absolute atomic E-state index is 11.8. The largest absolute Gasteiger partial charge is 0.344 e. The molecule has 0 spiro atoms. The SMILES string of the molecule is CCCCN(C)C(=O)C(=O)NCc1ccc(S(N)(=O)=O)cc1. The van der Waals surface area contributed by atoms with Gasteiger partial charge in [-0.15, -0.1) is 0 Å². The number of amides is 2. The summed E-state index contributed by atoms with van der Waals surface area (Å²) in [5, 5.41) is 7.50. The summed E-state index contributed by atoms with van der Waals surface area (Å²) in [5.74, 6) is -1.27. The lowest BCUT2D eigenvalue weighted by Gasteiger charge is -2.16. The molecule has 0 aliphatic carbocycles. The van der Waals surface area contributed by atoms with Crippen LogP contribution in [0.1, 0.15) is 25.3 Å². The minimum atomic E-state index is -3.73. The van der Waals surface area contributed by atoms with Crippen LogP contribution >= 0.6 is 0 Å². The van der Waals surface area contributed by atoms with Crippen LogP contribution in [0, 0.1) is 0 Å². The van der Waals surface area contributed by atoms with E-state index in [1.807, 2.05) is 6.92 Å². The van der Waals surface area contributed by atoms with Crippen molar-refractivity contribution < 1.29 is 18.0 Å². The highest BCUT2D eigenvalue weighted by molar-refractivity contribution is 7.89. The van der Waals surface area contributed by atoms with Crippen LogP contribution in [-0.2, 0) is 26.2 Å². The Morgan fingerprint density at radius 3 is 2.32 bits per heavy atom. The molecule has 0 saturated heterocycles. The van der Waals surface area contributed by atoms with E-state index in [2.05, 4.69) is 5.32 Å². The summed E-state index contributed by atoms with van der Waals surface area (Å²) in [6.45, 7) is 2.67. The number of rotatable bonds is 6. The number of hydrogen-bond donors (Lipinski definition) is 2. The van der Waals surface area contributed by atoms with Gasteiger partial charge in [-0.2, -0.15) is 0 Å². The third-order valence-electron chi connectivity index (χ3n) is 3.09. The second kappa shape index (κ2) is 7.90. The number of sulfonamides is 1. The predicted molar refractivity (Wildman–Crippen MR) is 82.2 cm³/mol. The van der Waals surface area contributed by atoms with E-state index in [9.17, 15) is 18.0 Å². The minimum absolute atomic E-state index is 0.00190. The third kappa shape index (κ3) is 5.45. The van der Waals surface area contributed by atoms with Crippen molar-refractivity contribution in [2.75, 3.05) is 13.6 Å². The number of carbonyl (C=O) groups is 2. The van der Waals surface area contributed by atoms with Crippen molar-refractivity contribution in [2.24, 2.45) is 5.14 Å². The minimum Gasteiger partial charge on any atom is -0.344 e. The van der Waals surface area contributed by atoms with Crippen LogP contribution in [0.2, 0.25) is 0 Å². The van der Waals surface area contributed by atoms with E-state index in [-0.39, 0.29) is 11.4 Å². The quantitative estimate of drug-likeness (QED) is 0.728. The Hall–Kier alpha value is -1.93. The van der Waals surface area contributed by atoms with Crippen LogP contribution in [0.15, 0.2) is 29.2 Å². The standard InChI is InChI=1S/C14H21N3O4S/c1-3-4-9-17(2)14(19)13(18)16-10-11-5-7-12(8-6-11)22(15,20)21/h5-8H,3-4,9-10H2,1-2H3,(H,16,18)(H2,15,20,21). The molecule has 0 fully saturated rings. The Morgan fingerprint density at radius 2 is 1.82 bits per heavy atom. The zero-order valence-electron chi connectivity index (χ0n) is 12.7. The lowest BCUT2D eigenvalue weighted by atomic mass is 10.2. The average molecular weight is 327 g/mol. The number of hydrogen-bond acceptors (Lipinski definition) is 4. The second-order valence-corrected chi connectivity index (χ2v) is 6.51. The molecule has 2 amide bonds. The molecule has 0 heterocycles. The summed E-state index contributed by atoms with van der Waals surface area (Å²) in [4.78, 5) is 24.9. The third-order valence-corrected chi connectivity index (χ3v) is 4.02. The number of likely N-dealkylation sites (N-methyl/N-ethyl adjacent to an activating group) is 1. The highest BCUT2D eigenvalue weighted by atomic mass is 32.2. The molecule has 0 aromatic heterocycles. The molecule has 0 aliphatic rings. The Morgan fingerprint density at radius 1 is 1.23 bits per heavy atom. The summed E-state index contributed by atoms with van der Waals surface area (Å²) in [7, 11) is -2.15. The summed E-state index contributed by atoms with van der Waals surface area (Å²) in [5.41, 5.74) is 0.671. The number of nitrogens with one attached hydrogen (secondary N) is 1. The van der Waals surface area contributed by atoms with E-state index in [0.29, 0.717) is 12.1 Å². The molecule has 0 unspecified atom stereocenters. The summed E-state index contributed by atoms with van der Waals surface area (Å²) in [6, 6.07) is 5.77. The smallest absolute Gasteiger partial charge is 0.311 e. The van der Waals surface area contributed by atoms with Gasteiger partial charge in [-0.3, -0.25) is 9.59 Å². The monoisotopic (exact) mass is 327 g/mol. The van der Waals surface area contributed by atoms with Gasteiger partial charge < -0.3 is 10.2 Å². The van der Waals surface area contributed by atoms with Crippen molar-refractivity contribution in [3.63, 3.8) is 0 Å². The molecule has 7 nitrogen and oxygen atoms in total. The van der Waals surface area contributed by atoms with E-state index in [1.54, 1.807) is 7.05 Å². The molecule has 1 rings (SSSR count). The molecule has 0 bridgehead atoms. The first-order valence-corrected chi connectivity index (χ1v) is 8.45. The van der Waals surface area contributed by atoms with Gasteiger partial charge in [0.2, 0.25) is 10.0 Å². The molecule has 1 aromatic rings. The zero-order chi connectivity index (χ0) is 16.8. The van der Waals surface area contributed by atoms with Gasteiger partial charge >= 0.3 is 11.8 Å². The Balaban J connectivity index is 2.55. The predicted octanol–water partition coefficient (Wildman–Crippen LogP) is 0.209. The first kappa shape index (κ1) is 18.1. The lowest BCUT2D eigenvalue weighted by molar-refractivity contribution is -0.145. The summed E-state index contributed by atoms with van der Waals surface area (Å²) in [6.07, 6.45) is 1.78. The average Bonchev–Trinajstić information content (AvgIpc) is 2.48. The van der Waals surface area contributed by atoms with Crippen molar-refractivity contribution in [3.05, 3.63) is 29.8 Å². The highest BCUT2D eigenvalue weighted by Gasteiger charge is 2.17. The summed E-state index contributed by atoms with van der Waals surface area (Å²) >= 11 is 0. The van der Waals surface area contributed by atoms with Gasteiger partial charge in [0, 0.05) is 20.1 Å². The topological polar surface area (TPSA) is 110 Å². The molecule has 0 aliphatic heterocycles. The summed E-state index contributed by atoms with van der Waals surface area (Å²) < 4.78 is 22.2. The van der Waals surface area contributed by atoms with Crippen LogP contribution in [-0.4, -0.2) is 38.7 Å². The van der Waals surface area contributed by atoms with Crippen LogP contribution in [0.25, 0.3) is 0 Å². The maximum Gasteiger partial charge on any atom is 0.311 e. The number of primary sulfonamides is 1. The van der Waals surface area contributed by atoms with Crippen LogP contribution in [0.4, 0.5) is 0 Å². The van der Waals surface area contributed by atoms with Gasteiger partial charge in [0.05, 0.1) is 4.90 Å². The molecular formula is C14H21N3O4S. The Labute approximate surface area is 130 Å². The Bertz CT molecular complexity index is 626. The number of nitrogens with zero attached hydrogens (tertiary/aromatic N) is 1. The number of unbranched alkanes of at least 4 members (excludes halogenated alkanes) is 1. The van der Waals surface area contributed by atoms with Crippen LogP contribution < -0.4 is 10.5 Å². The van der Waals surface area contributed by atoms with Gasteiger partial charge in [-0.1, -0.05) is 25.5 Å². The van der Waals surface area contributed by atoms with Crippen molar-refractivity contribution in [3.8, 4) is 0 Å². The lowest BCUT2D eigenvalue weighted by Crippen LogP contribution is -2.41. The van der Waals surface area contributed by atoms with Gasteiger partial charge in [0.1, 0.15) is 0 Å².